The van der Waals surface area contributed by atoms with Crippen LogP contribution in [-0.4, -0.2) is 23.3 Å². The van der Waals surface area contributed by atoms with Crippen molar-refractivity contribution in [3.05, 3.63) is 65.7 Å². The van der Waals surface area contributed by atoms with Crippen LogP contribution in [0.5, 0.6) is 5.75 Å². The third-order valence-corrected chi connectivity index (χ3v) is 4.80. The van der Waals surface area contributed by atoms with E-state index in [1.807, 2.05) is 54.6 Å². The molecule has 26 heavy (non-hydrogen) atoms. The Balaban J connectivity index is 1.69. The van der Waals surface area contributed by atoms with Crippen molar-refractivity contribution in [1.82, 2.24) is 4.90 Å². The quantitative estimate of drug-likeness (QED) is 0.860. The first kappa shape index (κ1) is 18.0. The number of hydrogen-bond donors (Lipinski definition) is 1. The Labute approximate surface area is 153 Å². The van der Waals surface area contributed by atoms with Gasteiger partial charge in [-0.3, -0.25) is 9.59 Å². The van der Waals surface area contributed by atoms with E-state index >= 15 is 0 Å². The van der Waals surface area contributed by atoms with Crippen LogP contribution in [0.4, 0.5) is 0 Å². The van der Waals surface area contributed by atoms with Gasteiger partial charge >= 0.3 is 11.8 Å². The lowest BCUT2D eigenvalue weighted by atomic mass is 9.90. The van der Waals surface area contributed by atoms with Gasteiger partial charge in [0.1, 0.15) is 12.4 Å². The van der Waals surface area contributed by atoms with E-state index in [1.165, 1.54) is 0 Å². The Hall–Kier alpha value is -2.82. The Morgan fingerprint density at radius 1 is 1.08 bits per heavy atom. The molecular weight excluding hydrogens is 328 g/mol. The highest BCUT2D eigenvalue weighted by molar-refractivity contribution is 6.34. The summed E-state index contributed by atoms with van der Waals surface area (Å²) in [6.45, 7) is 3.14. The predicted octanol–water partition coefficient (Wildman–Crippen LogP) is 3.05. The summed E-state index contributed by atoms with van der Waals surface area (Å²) in [6.07, 6.45) is 1.84. The molecule has 5 heteroatoms. The van der Waals surface area contributed by atoms with Gasteiger partial charge in [0.25, 0.3) is 0 Å². The van der Waals surface area contributed by atoms with Crippen LogP contribution >= 0.6 is 0 Å². The molecule has 1 heterocycles. The van der Waals surface area contributed by atoms with E-state index < -0.39 is 11.8 Å². The average Bonchev–Trinajstić information content (AvgIpc) is 2.67. The summed E-state index contributed by atoms with van der Waals surface area (Å²) in [4.78, 5) is 25.2. The fourth-order valence-corrected chi connectivity index (χ4v) is 3.39. The first-order valence-corrected chi connectivity index (χ1v) is 8.91. The van der Waals surface area contributed by atoms with Crippen molar-refractivity contribution < 1.29 is 14.3 Å². The minimum Gasteiger partial charge on any atom is -0.489 e. The molecule has 2 atom stereocenters. The maximum Gasteiger partial charge on any atom is 0.312 e. The summed E-state index contributed by atoms with van der Waals surface area (Å²) in [7, 11) is 0. The van der Waals surface area contributed by atoms with Crippen molar-refractivity contribution >= 4 is 11.8 Å². The minimum absolute atomic E-state index is 0.116. The number of amides is 2. The molecule has 2 aromatic rings. The molecule has 136 valence electrons. The number of primary amides is 1. The van der Waals surface area contributed by atoms with Crippen LogP contribution in [0.3, 0.4) is 0 Å². The third-order valence-electron chi connectivity index (χ3n) is 4.80. The summed E-state index contributed by atoms with van der Waals surface area (Å²) in [5.41, 5.74) is 7.33. The van der Waals surface area contributed by atoms with Crippen molar-refractivity contribution in [3.8, 4) is 5.75 Å². The number of nitrogens with zero attached hydrogens (tertiary/aromatic N) is 1. The zero-order valence-corrected chi connectivity index (χ0v) is 14.9. The summed E-state index contributed by atoms with van der Waals surface area (Å²) in [6, 6.07) is 17.6. The maximum absolute atomic E-state index is 12.2. The normalized spacial score (nSPS) is 19.8. The summed E-state index contributed by atoms with van der Waals surface area (Å²) in [5, 5.41) is 0. The molecule has 1 aliphatic rings. The van der Waals surface area contributed by atoms with Crippen LogP contribution in [0.1, 0.15) is 36.9 Å². The Bertz CT molecular complexity index is 759. The molecule has 5 nitrogen and oxygen atoms in total. The molecule has 2 amide bonds. The van der Waals surface area contributed by atoms with Crippen molar-refractivity contribution in [1.29, 1.82) is 0 Å². The molecule has 1 saturated heterocycles. The topological polar surface area (TPSA) is 72.6 Å². The monoisotopic (exact) mass is 352 g/mol. The van der Waals surface area contributed by atoms with E-state index in [0.717, 1.165) is 29.7 Å². The van der Waals surface area contributed by atoms with Gasteiger partial charge < -0.3 is 15.4 Å². The average molecular weight is 352 g/mol. The van der Waals surface area contributed by atoms with E-state index in [1.54, 1.807) is 4.90 Å². The molecule has 2 unspecified atom stereocenters. The molecule has 0 aliphatic carbocycles. The zero-order valence-electron chi connectivity index (χ0n) is 14.9. The molecule has 3 rings (SSSR count). The van der Waals surface area contributed by atoms with Gasteiger partial charge in [0, 0.05) is 6.54 Å². The molecule has 2 aromatic carbocycles. The highest BCUT2D eigenvalue weighted by atomic mass is 16.5. The third kappa shape index (κ3) is 4.23. The molecule has 0 aromatic heterocycles. The second kappa shape index (κ2) is 8.04. The van der Waals surface area contributed by atoms with Crippen LogP contribution < -0.4 is 10.5 Å². The van der Waals surface area contributed by atoms with Crippen molar-refractivity contribution in [3.63, 3.8) is 0 Å². The first-order chi connectivity index (χ1) is 12.5. The van der Waals surface area contributed by atoms with Gasteiger partial charge in [0.05, 0.1) is 6.04 Å². The summed E-state index contributed by atoms with van der Waals surface area (Å²) in [5.74, 6) is -0.365. The van der Waals surface area contributed by atoms with Gasteiger partial charge in [-0.05, 0) is 42.0 Å². The Kier molecular flexibility index (Phi) is 5.56. The van der Waals surface area contributed by atoms with Crippen LogP contribution in [0.2, 0.25) is 0 Å². The minimum atomic E-state index is -0.896. The van der Waals surface area contributed by atoms with Gasteiger partial charge in [-0.25, -0.2) is 0 Å². The largest absolute Gasteiger partial charge is 0.489 e. The van der Waals surface area contributed by atoms with Crippen LogP contribution in [-0.2, 0) is 16.2 Å². The number of nitrogens with two attached hydrogens (primary N) is 1. The van der Waals surface area contributed by atoms with Crippen molar-refractivity contribution in [2.75, 3.05) is 6.54 Å². The highest BCUT2D eigenvalue weighted by Gasteiger charge is 2.33. The molecule has 1 fully saturated rings. The standard InChI is InChI=1S/C21H24N2O3/c1-15-7-12-19(23(13-15)21(25)20(22)24)17-8-10-18(11-9-17)26-14-16-5-3-2-4-6-16/h2-6,8-11,15,19H,7,12-14H2,1H3,(H2,22,24). The van der Waals surface area contributed by atoms with Crippen molar-refractivity contribution in [2.24, 2.45) is 11.7 Å². The van der Waals surface area contributed by atoms with Crippen LogP contribution in [0.15, 0.2) is 54.6 Å². The number of benzene rings is 2. The maximum atomic E-state index is 12.2. The molecule has 0 radical (unpaired) electrons. The van der Waals surface area contributed by atoms with E-state index in [-0.39, 0.29) is 6.04 Å². The Morgan fingerprint density at radius 2 is 1.77 bits per heavy atom. The van der Waals surface area contributed by atoms with Gasteiger partial charge in [-0.1, -0.05) is 49.4 Å². The van der Waals surface area contributed by atoms with Gasteiger partial charge in [-0.15, -0.1) is 0 Å². The number of piperidine rings is 1. The van der Waals surface area contributed by atoms with E-state index in [0.29, 0.717) is 19.1 Å². The number of carbonyl (C=O) groups excluding carboxylic acids is 2. The summed E-state index contributed by atoms with van der Waals surface area (Å²) >= 11 is 0. The second-order valence-corrected chi connectivity index (χ2v) is 6.86. The first-order valence-electron chi connectivity index (χ1n) is 8.91. The second-order valence-electron chi connectivity index (χ2n) is 6.86. The number of likely N-dealkylation sites (tertiary alicyclic amines) is 1. The SMILES string of the molecule is CC1CCC(c2ccc(OCc3ccccc3)cc2)N(C(=O)C(N)=O)C1. The van der Waals surface area contributed by atoms with E-state index in [4.69, 9.17) is 10.5 Å². The lowest BCUT2D eigenvalue weighted by molar-refractivity contribution is -0.147. The predicted molar refractivity (Wildman–Crippen MR) is 99.3 cm³/mol. The summed E-state index contributed by atoms with van der Waals surface area (Å²) < 4.78 is 5.81. The highest BCUT2D eigenvalue weighted by Crippen LogP contribution is 2.34. The number of rotatable bonds is 4. The molecular formula is C21H24N2O3. The molecule has 2 N–H and O–H groups in total. The van der Waals surface area contributed by atoms with Gasteiger partial charge in [0.2, 0.25) is 0 Å². The fourth-order valence-electron chi connectivity index (χ4n) is 3.39. The lowest BCUT2D eigenvalue weighted by Gasteiger charge is -2.38. The molecule has 0 spiro atoms. The Morgan fingerprint density at radius 3 is 2.42 bits per heavy atom. The number of carbonyl (C=O) groups is 2. The zero-order chi connectivity index (χ0) is 18.5. The number of hydrogen-bond acceptors (Lipinski definition) is 3. The number of ether oxygens (including phenoxy) is 1. The van der Waals surface area contributed by atoms with Gasteiger partial charge in [-0.2, -0.15) is 0 Å². The lowest BCUT2D eigenvalue weighted by Crippen LogP contribution is -2.46. The van der Waals surface area contributed by atoms with Gasteiger partial charge in [0.15, 0.2) is 0 Å². The molecule has 1 aliphatic heterocycles. The van der Waals surface area contributed by atoms with E-state index in [9.17, 15) is 9.59 Å². The molecule has 0 saturated carbocycles. The van der Waals surface area contributed by atoms with Crippen LogP contribution in [0.25, 0.3) is 0 Å². The smallest absolute Gasteiger partial charge is 0.312 e. The van der Waals surface area contributed by atoms with Crippen molar-refractivity contribution in [2.45, 2.75) is 32.4 Å². The fraction of sp³-hybridized carbons (Fsp3) is 0.333. The van der Waals surface area contributed by atoms with Crippen LogP contribution in [0, 0.1) is 5.92 Å². The van der Waals surface area contributed by atoms with E-state index in [2.05, 4.69) is 6.92 Å². The molecule has 0 bridgehead atoms.